The molecule has 0 bridgehead atoms. The highest BCUT2D eigenvalue weighted by Crippen LogP contribution is 2.29. The Morgan fingerprint density at radius 2 is 2.12 bits per heavy atom. The van der Waals surface area contributed by atoms with Gasteiger partial charge in [-0.25, -0.2) is 4.68 Å². The van der Waals surface area contributed by atoms with Gasteiger partial charge >= 0.3 is 0 Å². The summed E-state index contributed by atoms with van der Waals surface area (Å²) in [5.74, 6) is -0.338. The lowest BCUT2D eigenvalue weighted by Crippen LogP contribution is -2.18. The van der Waals surface area contributed by atoms with E-state index in [1.165, 1.54) is 32.1 Å². The number of primary amides is 1. The molecule has 1 aliphatic rings. The maximum Gasteiger partial charge on any atom is 0.223 e. The van der Waals surface area contributed by atoms with Crippen LogP contribution < -0.4 is 5.73 Å². The predicted octanol–water partition coefficient (Wildman–Crippen LogP) is 1.37. The fourth-order valence-electron chi connectivity index (χ4n) is 2.63. The first kappa shape index (κ1) is 12.1. The molecule has 1 aliphatic carbocycles. The molecule has 1 heterocycles. The van der Waals surface area contributed by atoms with Crippen LogP contribution in [0.3, 0.4) is 0 Å². The fourth-order valence-corrected chi connectivity index (χ4v) is 2.63. The highest BCUT2D eigenvalue weighted by Gasteiger charge is 2.21. The monoisotopic (exact) mass is 236 g/mol. The zero-order chi connectivity index (χ0) is 12.3. The second kappa shape index (κ2) is 5.29. The van der Waals surface area contributed by atoms with Gasteiger partial charge in [0.25, 0.3) is 0 Å². The first-order chi connectivity index (χ1) is 8.22. The molecule has 1 saturated carbocycles. The Kier molecular flexibility index (Phi) is 3.76. The summed E-state index contributed by atoms with van der Waals surface area (Å²) in [5, 5.41) is 8.34. The van der Waals surface area contributed by atoms with Gasteiger partial charge in [0.2, 0.25) is 5.91 Å². The topological polar surface area (TPSA) is 73.8 Å². The summed E-state index contributed by atoms with van der Waals surface area (Å²) < 4.78 is 2.03. The van der Waals surface area contributed by atoms with Crippen LogP contribution in [-0.4, -0.2) is 20.9 Å². The van der Waals surface area contributed by atoms with E-state index in [0.717, 1.165) is 17.8 Å². The second-order valence-electron chi connectivity index (χ2n) is 4.72. The zero-order valence-electron chi connectivity index (χ0n) is 10.4. The van der Waals surface area contributed by atoms with E-state index in [4.69, 9.17) is 5.73 Å². The molecular weight excluding hydrogens is 216 g/mol. The van der Waals surface area contributed by atoms with Crippen molar-refractivity contribution in [1.82, 2.24) is 15.0 Å². The summed E-state index contributed by atoms with van der Waals surface area (Å²) >= 11 is 0. The van der Waals surface area contributed by atoms with Gasteiger partial charge < -0.3 is 5.73 Å². The van der Waals surface area contributed by atoms with E-state index in [9.17, 15) is 4.79 Å². The van der Waals surface area contributed by atoms with Crippen LogP contribution in [0.1, 0.15) is 56.5 Å². The molecule has 0 radical (unpaired) electrons. The van der Waals surface area contributed by atoms with Crippen LogP contribution in [0.25, 0.3) is 0 Å². The van der Waals surface area contributed by atoms with E-state index in [-0.39, 0.29) is 12.3 Å². The van der Waals surface area contributed by atoms with Crippen LogP contribution in [0.2, 0.25) is 0 Å². The summed E-state index contributed by atoms with van der Waals surface area (Å²) in [5.41, 5.74) is 7.05. The van der Waals surface area contributed by atoms with Crippen molar-refractivity contribution >= 4 is 5.91 Å². The molecule has 0 aromatic carbocycles. The minimum Gasteiger partial charge on any atom is -0.369 e. The Balaban J connectivity index is 2.21. The molecule has 1 aromatic heterocycles. The summed E-state index contributed by atoms with van der Waals surface area (Å²) in [7, 11) is 0. The third-order valence-electron chi connectivity index (χ3n) is 3.47. The fraction of sp³-hybridized carbons (Fsp3) is 0.750. The van der Waals surface area contributed by atoms with Crippen molar-refractivity contribution in [3.8, 4) is 0 Å². The van der Waals surface area contributed by atoms with E-state index < -0.39 is 0 Å². The van der Waals surface area contributed by atoms with Gasteiger partial charge in [0.1, 0.15) is 0 Å². The zero-order valence-corrected chi connectivity index (χ0v) is 10.4. The smallest absolute Gasteiger partial charge is 0.223 e. The first-order valence-electron chi connectivity index (χ1n) is 6.43. The molecule has 1 aromatic rings. The number of amides is 1. The predicted molar refractivity (Wildman–Crippen MR) is 64.4 cm³/mol. The standard InChI is InChI=1S/C12H20N4O/c1-2-11-10(8-12(13)17)14-15-16(11)9-6-4-3-5-7-9/h9H,2-8H2,1H3,(H2,13,17). The molecule has 17 heavy (non-hydrogen) atoms. The van der Waals surface area contributed by atoms with Crippen molar-refractivity contribution < 1.29 is 4.79 Å². The molecule has 1 fully saturated rings. The van der Waals surface area contributed by atoms with Gasteiger partial charge in [-0.05, 0) is 19.3 Å². The lowest BCUT2D eigenvalue weighted by molar-refractivity contribution is -0.117. The van der Waals surface area contributed by atoms with E-state index in [1.54, 1.807) is 0 Å². The first-order valence-corrected chi connectivity index (χ1v) is 6.43. The van der Waals surface area contributed by atoms with E-state index in [1.807, 2.05) is 4.68 Å². The van der Waals surface area contributed by atoms with Crippen molar-refractivity contribution in [3.63, 3.8) is 0 Å². The summed E-state index contributed by atoms with van der Waals surface area (Å²) in [4.78, 5) is 11.0. The average molecular weight is 236 g/mol. The third-order valence-corrected chi connectivity index (χ3v) is 3.47. The van der Waals surface area contributed by atoms with E-state index in [2.05, 4.69) is 17.2 Å². The third kappa shape index (κ3) is 2.65. The van der Waals surface area contributed by atoms with E-state index in [0.29, 0.717) is 6.04 Å². The maximum absolute atomic E-state index is 11.0. The van der Waals surface area contributed by atoms with Crippen LogP contribution in [0.5, 0.6) is 0 Å². The van der Waals surface area contributed by atoms with Crippen molar-refractivity contribution in [2.24, 2.45) is 5.73 Å². The summed E-state index contributed by atoms with van der Waals surface area (Å²) in [6, 6.07) is 0.466. The van der Waals surface area contributed by atoms with Crippen LogP contribution in [-0.2, 0) is 17.6 Å². The van der Waals surface area contributed by atoms with Crippen molar-refractivity contribution in [2.45, 2.75) is 57.9 Å². The molecule has 5 nitrogen and oxygen atoms in total. The summed E-state index contributed by atoms with van der Waals surface area (Å²) in [6.45, 7) is 2.07. The molecule has 94 valence electrons. The minimum atomic E-state index is -0.338. The van der Waals surface area contributed by atoms with Crippen molar-refractivity contribution in [2.75, 3.05) is 0 Å². The Bertz CT molecular complexity index is 393. The molecule has 1 amide bonds. The van der Waals surface area contributed by atoms with Gasteiger partial charge in [0.15, 0.2) is 0 Å². The molecule has 0 atom stereocenters. The Labute approximate surface area is 101 Å². The van der Waals surface area contributed by atoms with E-state index >= 15 is 0 Å². The van der Waals surface area contributed by atoms with Gasteiger partial charge in [0.05, 0.1) is 23.9 Å². The number of nitrogens with two attached hydrogens (primary N) is 1. The largest absolute Gasteiger partial charge is 0.369 e. The molecule has 2 rings (SSSR count). The molecule has 0 saturated heterocycles. The minimum absolute atomic E-state index is 0.204. The van der Waals surface area contributed by atoms with Crippen LogP contribution >= 0.6 is 0 Å². The van der Waals surface area contributed by atoms with Crippen molar-refractivity contribution in [1.29, 1.82) is 0 Å². The van der Waals surface area contributed by atoms with Gasteiger partial charge in [-0.15, -0.1) is 5.10 Å². The normalized spacial score (nSPS) is 17.2. The molecular formula is C12H20N4O. The Morgan fingerprint density at radius 1 is 1.41 bits per heavy atom. The van der Waals surface area contributed by atoms with Crippen molar-refractivity contribution in [3.05, 3.63) is 11.4 Å². The average Bonchev–Trinajstić information content (AvgIpc) is 2.72. The molecule has 0 aliphatic heterocycles. The quantitative estimate of drug-likeness (QED) is 0.858. The number of carbonyl (C=O) groups is 1. The number of rotatable bonds is 4. The SMILES string of the molecule is CCc1c(CC(N)=O)nnn1C1CCCCC1. The number of hydrogen-bond acceptors (Lipinski definition) is 3. The number of hydrogen-bond donors (Lipinski definition) is 1. The number of carbonyl (C=O) groups excluding carboxylic acids is 1. The van der Waals surface area contributed by atoms with Gasteiger partial charge in [-0.3, -0.25) is 4.79 Å². The molecule has 0 spiro atoms. The Hall–Kier alpha value is -1.39. The van der Waals surface area contributed by atoms with Crippen LogP contribution in [0.4, 0.5) is 0 Å². The lowest BCUT2D eigenvalue weighted by atomic mass is 9.95. The number of aromatic nitrogens is 3. The Morgan fingerprint density at radius 3 is 2.71 bits per heavy atom. The maximum atomic E-state index is 11.0. The molecule has 2 N–H and O–H groups in total. The number of nitrogens with zero attached hydrogens (tertiary/aromatic N) is 3. The highest BCUT2D eigenvalue weighted by molar-refractivity contribution is 5.76. The molecule has 5 heteroatoms. The van der Waals surface area contributed by atoms with Gasteiger partial charge in [-0.2, -0.15) is 0 Å². The highest BCUT2D eigenvalue weighted by atomic mass is 16.1. The second-order valence-corrected chi connectivity index (χ2v) is 4.72. The van der Waals surface area contributed by atoms with Crippen LogP contribution in [0, 0.1) is 0 Å². The summed E-state index contributed by atoms with van der Waals surface area (Å²) in [6.07, 6.45) is 7.25. The van der Waals surface area contributed by atoms with Gasteiger partial charge in [-0.1, -0.05) is 31.4 Å². The molecule has 0 unspecified atom stereocenters. The van der Waals surface area contributed by atoms with Gasteiger partial charge in [0, 0.05) is 0 Å². The van der Waals surface area contributed by atoms with Crippen LogP contribution in [0.15, 0.2) is 0 Å². The lowest BCUT2D eigenvalue weighted by Gasteiger charge is -2.23.